The van der Waals surface area contributed by atoms with E-state index in [1.807, 2.05) is 12.5 Å². The monoisotopic (exact) mass is 385 g/mol. The van der Waals surface area contributed by atoms with Crippen LogP contribution in [0.4, 0.5) is 27.5 Å². The number of nitrogens with zero attached hydrogens (tertiary/aromatic N) is 4. The lowest BCUT2D eigenvalue weighted by molar-refractivity contribution is -0.387. The van der Waals surface area contributed by atoms with Gasteiger partial charge in [0.2, 0.25) is 11.8 Å². The Labute approximate surface area is 164 Å². The highest BCUT2D eigenvalue weighted by Crippen LogP contribution is 2.28. The molecule has 7 nitrogen and oxygen atoms in total. The van der Waals surface area contributed by atoms with Crippen molar-refractivity contribution in [2.45, 2.75) is 45.1 Å². The molecule has 1 atom stereocenters. The summed E-state index contributed by atoms with van der Waals surface area (Å²) in [5.74, 6) is 0.274. The van der Waals surface area contributed by atoms with Crippen molar-refractivity contribution in [3.05, 3.63) is 59.2 Å². The molecule has 0 aliphatic carbocycles. The number of rotatable bonds is 7. The van der Waals surface area contributed by atoms with Gasteiger partial charge in [-0.15, -0.1) is 0 Å². The maximum atomic E-state index is 13.6. The normalized spacial score (nSPS) is 16.8. The first-order valence-electron chi connectivity index (χ1n) is 9.50. The smallest absolute Gasteiger partial charge is 0.306 e. The second kappa shape index (κ2) is 8.95. The van der Waals surface area contributed by atoms with Crippen LogP contribution in [0.15, 0.2) is 24.3 Å². The van der Waals surface area contributed by atoms with E-state index in [1.54, 1.807) is 0 Å². The molecule has 1 unspecified atom stereocenters. The summed E-state index contributed by atoms with van der Waals surface area (Å²) in [6.07, 6.45) is 6.94. The van der Waals surface area contributed by atoms with Crippen molar-refractivity contribution in [1.29, 1.82) is 0 Å². The van der Waals surface area contributed by atoms with Crippen LogP contribution in [0.2, 0.25) is 0 Å². The van der Waals surface area contributed by atoms with Crippen LogP contribution in [0.1, 0.15) is 38.3 Å². The third-order valence-corrected chi connectivity index (χ3v) is 4.79. The molecule has 8 heteroatoms. The van der Waals surface area contributed by atoms with Gasteiger partial charge in [0.1, 0.15) is 5.82 Å². The molecule has 1 aliphatic rings. The molecule has 1 saturated heterocycles. The summed E-state index contributed by atoms with van der Waals surface area (Å²) in [7, 11) is 0. The number of hydrogen-bond donors (Lipinski definition) is 1. The van der Waals surface area contributed by atoms with Crippen LogP contribution in [-0.4, -0.2) is 27.5 Å². The van der Waals surface area contributed by atoms with Gasteiger partial charge in [0.05, 0.1) is 4.92 Å². The molecule has 0 spiro atoms. The molecular formula is C20H24FN5O2. The number of nitro benzene ring substituents is 1. The maximum Gasteiger partial charge on any atom is 0.306 e. The Kier molecular flexibility index (Phi) is 6.38. The number of aromatic nitrogens is 2. The van der Waals surface area contributed by atoms with Gasteiger partial charge in [-0.25, -0.2) is 4.98 Å². The molecule has 1 aliphatic heterocycles. The van der Waals surface area contributed by atoms with Crippen molar-refractivity contribution < 1.29 is 9.31 Å². The number of nitrogens with one attached hydrogen (secondary N) is 1. The molecular weight excluding hydrogens is 361 g/mol. The average molecular weight is 385 g/mol. The quantitative estimate of drug-likeness (QED) is 0.553. The second-order valence-corrected chi connectivity index (χ2v) is 6.83. The SMILES string of the molecule is [CH2][CH]C1CCCCN1c1cc(CCC)nc(Nc2ccc(F)c([N+](=O)[O-])c2)n1. The first-order valence-corrected chi connectivity index (χ1v) is 9.50. The molecule has 3 rings (SSSR count). The van der Waals surface area contributed by atoms with E-state index in [4.69, 9.17) is 0 Å². The fraction of sp³-hybridized carbons (Fsp3) is 0.400. The lowest BCUT2D eigenvalue weighted by atomic mass is 10.00. The zero-order chi connectivity index (χ0) is 20.1. The van der Waals surface area contributed by atoms with Crippen molar-refractivity contribution in [3.8, 4) is 0 Å². The van der Waals surface area contributed by atoms with Gasteiger partial charge in [0, 0.05) is 36.1 Å². The van der Waals surface area contributed by atoms with E-state index < -0.39 is 16.4 Å². The lowest BCUT2D eigenvalue weighted by Gasteiger charge is -2.36. The Hall–Kier alpha value is -2.77. The van der Waals surface area contributed by atoms with Crippen molar-refractivity contribution in [2.24, 2.45) is 0 Å². The van der Waals surface area contributed by atoms with Crippen LogP contribution in [-0.2, 0) is 6.42 Å². The number of piperidine rings is 1. The largest absolute Gasteiger partial charge is 0.353 e. The van der Waals surface area contributed by atoms with Crippen LogP contribution in [0, 0.1) is 29.3 Å². The summed E-state index contributed by atoms with van der Waals surface area (Å²) in [6, 6.07) is 5.86. The van der Waals surface area contributed by atoms with Crippen molar-refractivity contribution in [2.75, 3.05) is 16.8 Å². The Morgan fingerprint density at radius 3 is 2.93 bits per heavy atom. The molecule has 2 aromatic rings. The third kappa shape index (κ3) is 4.55. The zero-order valence-electron chi connectivity index (χ0n) is 15.9. The molecule has 0 bridgehead atoms. The third-order valence-electron chi connectivity index (χ3n) is 4.79. The number of benzene rings is 1. The standard InChI is InChI=1S/C20H24FN5O2/c1-3-7-14-13-19(25-11-6-5-8-16(25)4-2)24-20(22-14)23-15-9-10-17(21)18(12-15)26(27)28/h4,9-10,12-13,16H,2-3,5-8,11H2,1H3,(H,22,23,24). The Bertz CT molecular complexity index is 845. The minimum Gasteiger partial charge on any atom is -0.353 e. The number of aryl methyl sites for hydroxylation is 1. The van der Waals surface area contributed by atoms with Crippen molar-refractivity contribution in [1.82, 2.24) is 9.97 Å². The summed E-state index contributed by atoms with van der Waals surface area (Å²) in [5, 5.41) is 14.0. The van der Waals surface area contributed by atoms with Gasteiger partial charge >= 0.3 is 5.69 Å². The maximum absolute atomic E-state index is 13.6. The minimum absolute atomic E-state index is 0.220. The van der Waals surface area contributed by atoms with Gasteiger partial charge in [-0.05, 0) is 51.2 Å². The van der Waals surface area contributed by atoms with Crippen LogP contribution in [0.5, 0.6) is 0 Å². The van der Waals surface area contributed by atoms with Gasteiger partial charge < -0.3 is 10.2 Å². The van der Waals surface area contributed by atoms with E-state index in [1.165, 1.54) is 6.07 Å². The first-order chi connectivity index (χ1) is 13.5. The van der Waals surface area contributed by atoms with Gasteiger partial charge in [0.25, 0.3) is 0 Å². The summed E-state index contributed by atoms with van der Waals surface area (Å²) in [4.78, 5) is 21.6. The fourth-order valence-corrected chi connectivity index (χ4v) is 3.42. The van der Waals surface area contributed by atoms with Crippen LogP contribution < -0.4 is 10.2 Å². The predicted molar refractivity (Wildman–Crippen MR) is 107 cm³/mol. The molecule has 0 amide bonds. The summed E-state index contributed by atoms with van der Waals surface area (Å²) in [5.41, 5.74) is 0.671. The van der Waals surface area contributed by atoms with Gasteiger partial charge in [-0.2, -0.15) is 9.37 Å². The fourth-order valence-electron chi connectivity index (χ4n) is 3.42. The molecule has 148 valence electrons. The molecule has 1 aromatic carbocycles. The Morgan fingerprint density at radius 1 is 1.39 bits per heavy atom. The highest BCUT2D eigenvalue weighted by Gasteiger charge is 2.23. The highest BCUT2D eigenvalue weighted by atomic mass is 19.1. The van der Waals surface area contributed by atoms with Gasteiger partial charge in [0.15, 0.2) is 0 Å². The molecule has 2 radical (unpaired) electrons. The van der Waals surface area contributed by atoms with E-state index in [0.717, 1.165) is 62.3 Å². The van der Waals surface area contributed by atoms with Gasteiger partial charge in [-0.1, -0.05) is 13.3 Å². The van der Waals surface area contributed by atoms with Crippen molar-refractivity contribution in [3.63, 3.8) is 0 Å². The Morgan fingerprint density at radius 2 is 2.21 bits per heavy atom. The van der Waals surface area contributed by atoms with E-state index in [9.17, 15) is 14.5 Å². The number of hydrogen-bond acceptors (Lipinski definition) is 6. The Balaban J connectivity index is 1.93. The molecule has 1 fully saturated rings. The summed E-state index contributed by atoms with van der Waals surface area (Å²) < 4.78 is 13.6. The molecule has 28 heavy (non-hydrogen) atoms. The summed E-state index contributed by atoms with van der Waals surface area (Å²) in [6.45, 7) is 6.91. The molecule has 2 heterocycles. The van der Waals surface area contributed by atoms with E-state index in [-0.39, 0.29) is 6.04 Å². The lowest BCUT2D eigenvalue weighted by Crippen LogP contribution is -2.40. The molecule has 0 saturated carbocycles. The topological polar surface area (TPSA) is 84.2 Å². The summed E-state index contributed by atoms with van der Waals surface area (Å²) >= 11 is 0. The number of anilines is 3. The van der Waals surface area contributed by atoms with E-state index >= 15 is 0 Å². The van der Waals surface area contributed by atoms with Crippen LogP contribution in [0.25, 0.3) is 0 Å². The molecule has 1 aromatic heterocycles. The van der Waals surface area contributed by atoms with Crippen LogP contribution in [0.3, 0.4) is 0 Å². The van der Waals surface area contributed by atoms with Gasteiger partial charge in [-0.3, -0.25) is 10.1 Å². The first kappa shape index (κ1) is 20.0. The zero-order valence-corrected chi connectivity index (χ0v) is 15.9. The van der Waals surface area contributed by atoms with E-state index in [0.29, 0.717) is 11.6 Å². The van der Waals surface area contributed by atoms with Crippen molar-refractivity contribution >= 4 is 23.1 Å². The predicted octanol–water partition coefficient (Wildman–Crippen LogP) is 4.62. The molecule has 1 N–H and O–H groups in total. The second-order valence-electron chi connectivity index (χ2n) is 6.83. The number of nitro groups is 1. The minimum atomic E-state index is -0.876. The van der Waals surface area contributed by atoms with E-state index in [2.05, 4.69) is 34.0 Å². The number of halogens is 1. The van der Waals surface area contributed by atoms with Crippen LogP contribution >= 0.6 is 0 Å². The highest BCUT2D eigenvalue weighted by molar-refractivity contribution is 5.59. The average Bonchev–Trinajstić information content (AvgIpc) is 2.69.